The van der Waals surface area contributed by atoms with E-state index in [0.29, 0.717) is 50.6 Å². The molecule has 4 rings (SSSR count). The molecule has 34 heavy (non-hydrogen) atoms. The van der Waals surface area contributed by atoms with Crippen molar-refractivity contribution < 1.29 is 22.7 Å². The summed E-state index contributed by atoms with van der Waals surface area (Å²) in [7, 11) is 1.63. The molecule has 2 aromatic rings. The number of halogens is 3. The summed E-state index contributed by atoms with van der Waals surface area (Å²) in [4.78, 5) is 16.7. The van der Waals surface area contributed by atoms with Crippen molar-refractivity contribution in [1.82, 2.24) is 14.7 Å². The topological polar surface area (TPSA) is 74.4 Å². The molecule has 1 amide bonds. The lowest BCUT2D eigenvalue weighted by molar-refractivity contribution is -0.137. The molecule has 1 aromatic heterocycles. The third-order valence-corrected chi connectivity index (χ3v) is 7.23. The summed E-state index contributed by atoms with van der Waals surface area (Å²) in [5.41, 5.74) is -0.430. The van der Waals surface area contributed by atoms with E-state index in [2.05, 4.69) is 5.10 Å². The first-order chi connectivity index (χ1) is 16.2. The second kappa shape index (κ2) is 9.29. The Kier molecular flexibility index (Phi) is 6.58. The van der Waals surface area contributed by atoms with E-state index in [0.717, 1.165) is 18.9 Å². The number of hydrogen-bond donors (Lipinski definition) is 0. The maximum absolute atomic E-state index is 13.5. The standard InChI is InChI=1S/C24H28F3N5O2/c1-3-32-13-18(12-29-32)22(33)30-8-6-23(7-9-30)16-31(14-19(23)15-34-2)20-5-4-17(11-28)21(10-20)24(25,26)27/h4-5,10,12-13,19H,3,6-9,14-16H2,1-2H3. The number of anilines is 1. The molecule has 10 heteroatoms. The molecular weight excluding hydrogens is 447 g/mol. The Morgan fingerprint density at radius 3 is 2.65 bits per heavy atom. The summed E-state index contributed by atoms with van der Waals surface area (Å²) in [5.74, 6) is 0.0807. The number of amides is 1. The molecule has 182 valence electrons. The molecule has 1 unspecified atom stereocenters. The Morgan fingerprint density at radius 1 is 1.32 bits per heavy atom. The zero-order valence-electron chi connectivity index (χ0n) is 19.3. The highest BCUT2D eigenvalue weighted by Crippen LogP contribution is 2.47. The summed E-state index contributed by atoms with van der Waals surface area (Å²) in [6.07, 6.45) is 0.230. The summed E-state index contributed by atoms with van der Waals surface area (Å²) in [6, 6.07) is 5.54. The van der Waals surface area contributed by atoms with E-state index in [-0.39, 0.29) is 22.8 Å². The minimum absolute atomic E-state index is 0.0467. The van der Waals surface area contributed by atoms with E-state index in [1.165, 1.54) is 6.07 Å². The number of methoxy groups -OCH3 is 1. The van der Waals surface area contributed by atoms with Gasteiger partial charge < -0.3 is 14.5 Å². The van der Waals surface area contributed by atoms with E-state index in [1.54, 1.807) is 36.3 Å². The molecule has 0 radical (unpaired) electrons. The fraction of sp³-hybridized carbons (Fsp3) is 0.542. The minimum atomic E-state index is -4.60. The van der Waals surface area contributed by atoms with Crippen LogP contribution in [0, 0.1) is 22.7 Å². The van der Waals surface area contributed by atoms with Crippen LogP contribution in [-0.2, 0) is 17.5 Å². The van der Waals surface area contributed by atoms with E-state index < -0.39 is 11.7 Å². The molecular formula is C24H28F3N5O2. The predicted molar refractivity (Wildman–Crippen MR) is 119 cm³/mol. The Hall–Kier alpha value is -3.06. The number of rotatable bonds is 5. The van der Waals surface area contributed by atoms with Gasteiger partial charge in [-0.2, -0.15) is 23.5 Å². The second-order valence-electron chi connectivity index (χ2n) is 9.11. The number of piperidine rings is 1. The van der Waals surface area contributed by atoms with E-state index in [9.17, 15) is 18.0 Å². The summed E-state index contributed by atoms with van der Waals surface area (Å²) >= 11 is 0. The number of aromatic nitrogens is 2. The van der Waals surface area contributed by atoms with Crippen molar-refractivity contribution in [3.05, 3.63) is 47.3 Å². The first kappa shape index (κ1) is 24.1. The summed E-state index contributed by atoms with van der Waals surface area (Å²) in [6.45, 7) is 5.44. The SMILES string of the molecule is CCn1cc(C(=O)N2CCC3(CC2)CN(c2ccc(C#N)c(C(F)(F)F)c2)CC3COC)cn1. The van der Waals surface area contributed by atoms with Gasteiger partial charge in [0.2, 0.25) is 0 Å². The van der Waals surface area contributed by atoms with Gasteiger partial charge in [0, 0.05) is 57.6 Å². The van der Waals surface area contributed by atoms with Gasteiger partial charge in [0.05, 0.1) is 35.6 Å². The third kappa shape index (κ3) is 4.49. The van der Waals surface area contributed by atoms with Gasteiger partial charge in [-0.25, -0.2) is 0 Å². The van der Waals surface area contributed by atoms with Crippen LogP contribution in [0.1, 0.15) is 41.3 Å². The highest BCUT2D eigenvalue weighted by Gasteiger charge is 2.49. The fourth-order valence-corrected chi connectivity index (χ4v) is 5.27. The van der Waals surface area contributed by atoms with Crippen molar-refractivity contribution in [3.63, 3.8) is 0 Å². The average molecular weight is 476 g/mol. The number of likely N-dealkylation sites (tertiary alicyclic amines) is 1. The zero-order valence-corrected chi connectivity index (χ0v) is 19.3. The Bertz CT molecular complexity index is 1080. The third-order valence-electron chi connectivity index (χ3n) is 7.23. The second-order valence-corrected chi connectivity index (χ2v) is 9.11. The van der Waals surface area contributed by atoms with Crippen molar-refractivity contribution in [1.29, 1.82) is 5.26 Å². The van der Waals surface area contributed by atoms with Crippen LogP contribution >= 0.6 is 0 Å². The van der Waals surface area contributed by atoms with E-state index in [1.807, 2.05) is 16.7 Å². The van der Waals surface area contributed by atoms with Crippen LogP contribution in [0.3, 0.4) is 0 Å². The maximum Gasteiger partial charge on any atom is 0.417 e. The van der Waals surface area contributed by atoms with Crippen LogP contribution in [0.25, 0.3) is 0 Å². The van der Waals surface area contributed by atoms with Crippen LogP contribution in [0.4, 0.5) is 18.9 Å². The molecule has 0 aliphatic carbocycles. The largest absolute Gasteiger partial charge is 0.417 e. The normalized spacial score (nSPS) is 20.1. The van der Waals surface area contributed by atoms with E-state index >= 15 is 0 Å². The van der Waals surface area contributed by atoms with Gasteiger partial charge >= 0.3 is 6.18 Å². The van der Waals surface area contributed by atoms with Gasteiger partial charge in [-0.3, -0.25) is 9.48 Å². The smallest absolute Gasteiger partial charge is 0.384 e. The summed E-state index contributed by atoms with van der Waals surface area (Å²) in [5, 5.41) is 13.3. The van der Waals surface area contributed by atoms with Crippen molar-refractivity contribution in [2.24, 2.45) is 11.3 Å². The predicted octanol–water partition coefficient (Wildman–Crippen LogP) is 3.80. The minimum Gasteiger partial charge on any atom is -0.384 e. The van der Waals surface area contributed by atoms with Crippen LogP contribution in [-0.4, -0.2) is 60.5 Å². The number of carbonyl (C=O) groups is 1. The van der Waals surface area contributed by atoms with Crippen molar-refractivity contribution >= 4 is 11.6 Å². The van der Waals surface area contributed by atoms with Gasteiger partial charge in [-0.1, -0.05) is 0 Å². The highest BCUT2D eigenvalue weighted by atomic mass is 19.4. The maximum atomic E-state index is 13.5. The molecule has 1 aromatic carbocycles. The molecule has 1 atom stereocenters. The van der Waals surface area contributed by atoms with Gasteiger partial charge in [0.1, 0.15) is 0 Å². The first-order valence-electron chi connectivity index (χ1n) is 11.4. The molecule has 0 N–H and O–H groups in total. The first-order valence-corrected chi connectivity index (χ1v) is 11.4. The van der Waals surface area contributed by atoms with Gasteiger partial charge in [0.25, 0.3) is 5.91 Å². The molecule has 1 spiro atoms. The van der Waals surface area contributed by atoms with Crippen molar-refractivity contribution in [2.75, 3.05) is 44.8 Å². The Labute approximate surface area is 196 Å². The molecule has 7 nitrogen and oxygen atoms in total. The molecule has 3 heterocycles. The Morgan fingerprint density at radius 2 is 2.06 bits per heavy atom. The van der Waals surface area contributed by atoms with Crippen LogP contribution < -0.4 is 4.90 Å². The number of nitrogens with zero attached hydrogens (tertiary/aromatic N) is 5. The molecule has 0 bridgehead atoms. The number of aryl methyl sites for hydroxylation is 1. The summed E-state index contributed by atoms with van der Waals surface area (Å²) < 4.78 is 47.7. The van der Waals surface area contributed by atoms with Crippen LogP contribution in [0.2, 0.25) is 0 Å². The molecule has 0 saturated carbocycles. The number of nitriles is 1. The molecule has 2 fully saturated rings. The monoisotopic (exact) mass is 475 g/mol. The average Bonchev–Trinajstić information content (AvgIpc) is 3.44. The van der Waals surface area contributed by atoms with Crippen LogP contribution in [0.5, 0.6) is 0 Å². The number of benzene rings is 1. The number of alkyl halides is 3. The lowest BCUT2D eigenvalue weighted by Crippen LogP contribution is -2.47. The van der Waals surface area contributed by atoms with Crippen molar-refractivity contribution in [2.45, 2.75) is 32.5 Å². The van der Waals surface area contributed by atoms with E-state index in [4.69, 9.17) is 10.00 Å². The molecule has 2 saturated heterocycles. The van der Waals surface area contributed by atoms with Crippen molar-refractivity contribution in [3.8, 4) is 6.07 Å². The lowest BCUT2D eigenvalue weighted by Gasteiger charge is -2.42. The highest BCUT2D eigenvalue weighted by molar-refractivity contribution is 5.93. The Balaban J connectivity index is 1.52. The van der Waals surface area contributed by atoms with Gasteiger partial charge in [0.15, 0.2) is 0 Å². The van der Waals surface area contributed by atoms with Gasteiger partial charge in [-0.15, -0.1) is 0 Å². The number of hydrogen-bond acceptors (Lipinski definition) is 5. The molecule has 2 aliphatic heterocycles. The number of ether oxygens (including phenoxy) is 1. The lowest BCUT2D eigenvalue weighted by atomic mass is 9.71. The zero-order chi connectivity index (χ0) is 24.5. The molecule has 2 aliphatic rings. The fourth-order valence-electron chi connectivity index (χ4n) is 5.27. The quantitative estimate of drug-likeness (QED) is 0.658. The number of carbonyl (C=O) groups excluding carboxylic acids is 1. The van der Waals surface area contributed by atoms with Gasteiger partial charge in [-0.05, 0) is 43.4 Å². The van der Waals surface area contributed by atoms with Crippen LogP contribution in [0.15, 0.2) is 30.6 Å².